The number of nitrogens with one attached hydrogen (secondary N) is 3. The number of hydrogen-bond donors (Lipinski definition) is 3. The van der Waals surface area contributed by atoms with Gasteiger partial charge in [-0.05, 0) is 50.6 Å². The number of fused-ring (bicyclic) bond motifs is 1. The van der Waals surface area contributed by atoms with Crippen molar-refractivity contribution >= 4 is 54.1 Å². The topological polar surface area (TPSA) is 99.5 Å². The summed E-state index contributed by atoms with van der Waals surface area (Å²) in [4.78, 5) is 20.6. The van der Waals surface area contributed by atoms with Crippen molar-refractivity contribution in [3.8, 4) is 5.75 Å². The number of aliphatic imine (C=N–C) groups is 1. The van der Waals surface area contributed by atoms with Crippen LogP contribution in [0.1, 0.15) is 37.1 Å². The maximum Gasteiger partial charge on any atom is 0.247 e. The molecule has 3 rings (SSSR count). The average molecular weight is 532 g/mol. The molecule has 0 bridgehead atoms. The Morgan fingerprint density at radius 3 is 2.76 bits per heavy atom. The maximum atomic E-state index is 14.3. The molecule has 0 aliphatic carbocycles. The van der Waals surface area contributed by atoms with Crippen molar-refractivity contribution in [3.63, 3.8) is 0 Å². The third-order valence-electron chi connectivity index (χ3n) is 5.50. The minimum absolute atomic E-state index is 0.0661. The number of halogens is 4. The molecular formula is C25H26BClF3N5O2. The lowest BCUT2D eigenvalue weighted by atomic mass is 9.72. The number of anilines is 1. The Balaban J connectivity index is 1.98. The number of carbonyl (C=O) groups excluding carboxylic acids is 1. The van der Waals surface area contributed by atoms with Gasteiger partial charge in [-0.3, -0.25) is 10.2 Å². The van der Waals surface area contributed by atoms with Crippen LogP contribution in [0.3, 0.4) is 0 Å². The number of benzene rings is 2. The number of hydrogen-bond acceptors (Lipinski definition) is 4. The molecule has 0 aliphatic rings. The Labute approximate surface area is 218 Å². The number of ether oxygens (including phenoxy) is 1. The lowest BCUT2D eigenvalue weighted by Crippen LogP contribution is -2.45. The van der Waals surface area contributed by atoms with E-state index in [0.29, 0.717) is 33.9 Å². The average Bonchev–Trinajstić information content (AvgIpc) is 2.77. The second-order valence-corrected chi connectivity index (χ2v) is 9.31. The molecule has 12 heteroatoms. The van der Waals surface area contributed by atoms with Gasteiger partial charge in [0.2, 0.25) is 12.3 Å². The Bertz CT molecular complexity index is 1370. The molecule has 1 heterocycles. The van der Waals surface area contributed by atoms with Crippen molar-refractivity contribution in [3.05, 3.63) is 64.1 Å². The summed E-state index contributed by atoms with van der Waals surface area (Å²) in [6, 6.07) is 9.53. The van der Waals surface area contributed by atoms with Crippen molar-refractivity contribution in [1.82, 2.24) is 10.3 Å². The highest BCUT2D eigenvalue weighted by molar-refractivity contribution is 6.31. The van der Waals surface area contributed by atoms with E-state index in [4.69, 9.17) is 21.7 Å². The highest BCUT2D eigenvalue weighted by Crippen LogP contribution is 2.33. The molecule has 0 aliphatic heterocycles. The fourth-order valence-electron chi connectivity index (χ4n) is 3.96. The summed E-state index contributed by atoms with van der Waals surface area (Å²) in [5.74, 6) is -0.563. The minimum Gasteiger partial charge on any atom is -0.487 e. The number of alkyl halides is 2. The van der Waals surface area contributed by atoms with Gasteiger partial charge in [0.1, 0.15) is 43.7 Å². The smallest absolute Gasteiger partial charge is 0.247 e. The van der Waals surface area contributed by atoms with Gasteiger partial charge in [-0.1, -0.05) is 23.7 Å². The maximum absolute atomic E-state index is 14.3. The fraction of sp³-hybridized carbons (Fsp3) is 0.280. The monoisotopic (exact) mass is 531 g/mol. The fourth-order valence-corrected chi connectivity index (χ4v) is 4.22. The molecule has 0 fully saturated rings. The molecule has 7 nitrogen and oxygen atoms in total. The van der Waals surface area contributed by atoms with Crippen LogP contribution in [0, 0.1) is 18.2 Å². The van der Waals surface area contributed by atoms with Crippen LogP contribution >= 0.6 is 11.6 Å². The predicted octanol–water partition coefficient (Wildman–Crippen LogP) is 4.93. The highest BCUT2D eigenvalue weighted by atomic mass is 35.5. The van der Waals surface area contributed by atoms with Gasteiger partial charge in [0, 0.05) is 22.1 Å². The van der Waals surface area contributed by atoms with E-state index in [-0.39, 0.29) is 11.6 Å². The van der Waals surface area contributed by atoms with Gasteiger partial charge in [0.15, 0.2) is 0 Å². The first-order valence-corrected chi connectivity index (χ1v) is 11.7. The first kappa shape index (κ1) is 28.0. The van der Waals surface area contributed by atoms with E-state index in [9.17, 15) is 18.0 Å². The van der Waals surface area contributed by atoms with Crippen LogP contribution in [-0.2, 0) is 16.8 Å². The molecule has 3 N–H and O–H groups in total. The third-order valence-corrected chi connectivity index (χ3v) is 5.84. The quantitative estimate of drug-likeness (QED) is 0.207. The summed E-state index contributed by atoms with van der Waals surface area (Å²) in [6.45, 7) is 5.02. The van der Waals surface area contributed by atoms with Crippen LogP contribution in [0.5, 0.6) is 5.75 Å². The number of carbonyl (C=O) groups is 1. The number of rotatable bonds is 9. The number of aromatic nitrogens is 1. The van der Waals surface area contributed by atoms with Crippen LogP contribution < -0.4 is 15.4 Å². The van der Waals surface area contributed by atoms with Gasteiger partial charge < -0.3 is 15.4 Å². The molecule has 1 amide bonds. The zero-order valence-corrected chi connectivity index (χ0v) is 21.5. The molecule has 1 atom stereocenters. The molecule has 3 aromatic rings. The van der Waals surface area contributed by atoms with Gasteiger partial charge >= 0.3 is 0 Å². The SMILES string of the molecule is B[C@@](C)(NC(=O)CC(F)F)c1cc(F)cc(Cl)c1COc1cccc2c(N/C(C)=N\C=N)cc(C)nc12. The number of pyridine rings is 1. The lowest BCUT2D eigenvalue weighted by Gasteiger charge is -2.30. The van der Waals surface area contributed by atoms with E-state index in [2.05, 4.69) is 20.6 Å². The molecule has 0 spiro atoms. The van der Waals surface area contributed by atoms with Crippen LogP contribution in [-0.4, -0.2) is 37.3 Å². The molecule has 194 valence electrons. The number of amidine groups is 1. The Morgan fingerprint density at radius 2 is 2.08 bits per heavy atom. The highest BCUT2D eigenvalue weighted by Gasteiger charge is 2.29. The van der Waals surface area contributed by atoms with E-state index in [1.54, 1.807) is 33.8 Å². The molecular weight excluding hydrogens is 506 g/mol. The molecule has 0 saturated carbocycles. The molecule has 0 radical (unpaired) electrons. The molecule has 0 unspecified atom stereocenters. The lowest BCUT2D eigenvalue weighted by molar-refractivity contribution is -0.124. The van der Waals surface area contributed by atoms with E-state index >= 15 is 0 Å². The van der Waals surface area contributed by atoms with Crippen molar-refractivity contribution in [1.29, 1.82) is 5.41 Å². The largest absolute Gasteiger partial charge is 0.487 e. The molecule has 37 heavy (non-hydrogen) atoms. The van der Waals surface area contributed by atoms with Gasteiger partial charge in [-0.15, -0.1) is 0 Å². The van der Waals surface area contributed by atoms with E-state index in [1.165, 1.54) is 6.07 Å². The number of nitrogens with zero attached hydrogens (tertiary/aromatic N) is 2. The zero-order valence-electron chi connectivity index (χ0n) is 20.8. The third kappa shape index (κ3) is 7.00. The van der Waals surface area contributed by atoms with Crippen molar-refractivity contribution in [2.24, 2.45) is 4.99 Å². The first-order valence-electron chi connectivity index (χ1n) is 11.3. The second kappa shape index (κ2) is 11.6. The molecule has 2 aromatic carbocycles. The molecule has 1 aromatic heterocycles. The van der Waals surface area contributed by atoms with E-state index in [1.807, 2.05) is 19.1 Å². The zero-order chi connectivity index (χ0) is 27.3. The van der Waals surface area contributed by atoms with Crippen molar-refractivity contribution in [2.75, 3.05) is 5.32 Å². The van der Waals surface area contributed by atoms with E-state index < -0.39 is 30.0 Å². The number of para-hydroxylation sites is 1. The second-order valence-electron chi connectivity index (χ2n) is 8.90. The number of aryl methyl sites for hydroxylation is 1. The van der Waals surface area contributed by atoms with Gasteiger partial charge in [0.05, 0.1) is 17.1 Å². The van der Waals surface area contributed by atoms with Crippen LogP contribution in [0.2, 0.25) is 5.02 Å². The van der Waals surface area contributed by atoms with Gasteiger partial charge in [-0.2, -0.15) is 0 Å². The standard InChI is InChI=1S/C25H26BClF3N5O2/c1-13-7-20(34-14(2)32-12-31)16-5-4-6-21(24(16)33-13)37-11-17-18(8-15(28)9-19(17)27)25(3,26)35-23(36)10-22(29)30/h4-9,12,22H,10-11,26H2,1-3H3,(H,35,36)(H2,31,32,33,34)/t25-/m0/s1. The molecule has 0 saturated heterocycles. The minimum atomic E-state index is -2.81. The summed E-state index contributed by atoms with van der Waals surface area (Å²) < 4.78 is 45.8. The number of amides is 1. The summed E-state index contributed by atoms with van der Waals surface area (Å²) in [6.07, 6.45) is -2.84. The summed E-state index contributed by atoms with van der Waals surface area (Å²) in [5.41, 5.74) is 1.45. The Hall–Kier alpha value is -3.60. The predicted molar refractivity (Wildman–Crippen MR) is 142 cm³/mol. The van der Waals surface area contributed by atoms with Crippen LogP contribution in [0.15, 0.2) is 41.4 Å². The van der Waals surface area contributed by atoms with Gasteiger partial charge in [-0.25, -0.2) is 23.1 Å². The summed E-state index contributed by atoms with van der Waals surface area (Å²) in [7, 11) is 1.57. The Kier molecular flexibility index (Phi) is 8.80. The Morgan fingerprint density at radius 1 is 1.35 bits per heavy atom. The summed E-state index contributed by atoms with van der Waals surface area (Å²) in [5, 5.41) is 13.6. The normalized spacial score (nSPS) is 13.4. The van der Waals surface area contributed by atoms with Crippen LogP contribution in [0.4, 0.5) is 18.9 Å². The van der Waals surface area contributed by atoms with Crippen molar-refractivity contribution < 1.29 is 22.7 Å². The van der Waals surface area contributed by atoms with Crippen molar-refractivity contribution in [2.45, 2.75) is 45.7 Å². The first-order chi connectivity index (χ1) is 17.4. The van der Waals surface area contributed by atoms with Crippen LogP contribution in [0.25, 0.3) is 10.9 Å². The van der Waals surface area contributed by atoms with E-state index in [0.717, 1.165) is 23.5 Å². The van der Waals surface area contributed by atoms with Gasteiger partial charge in [0.25, 0.3) is 0 Å². The summed E-state index contributed by atoms with van der Waals surface area (Å²) >= 11 is 6.37.